The lowest BCUT2D eigenvalue weighted by Gasteiger charge is -2.32. The minimum atomic E-state index is -3.55. The van der Waals surface area contributed by atoms with E-state index in [1.165, 1.54) is 0 Å². The summed E-state index contributed by atoms with van der Waals surface area (Å²) in [6, 6.07) is 14.7. The molecule has 1 saturated heterocycles. The maximum absolute atomic E-state index is 13.1. The summed E-state index contributed by atoms with van der Waals surface area (Å²) in [5, 5.41) is 8.91. The highest BCUT2D eigenvalue weighted by Gasteiger charge is 2.59. The van der Waals surface area contributed by atoms with Crippen molar-refractivity contribution in [1.82, 2.24) is 14.5 Å². The topological polar surface area (TPSA) is 76.3 Å². The van der Waals surface area contributed by atoms with Crippen molar-refractivity contribution in [3.63, 3.8) is 0 Å². The number of aromatic nitrogens is 2. The molecule has 1 aliphatic carbocycles. The zero-order valence-corrected chi connectivity index (χ0v) is 18.2. The van der Waals surface area contributed by atoms with Crippen molar-refractivity contribution >= 4 is 21.6 Å². The fourth-order valence-corrected chi connectivity index (χ4v) is 6.41. The first-order valence-electron chi connectivity index (χ1n) is 10.0. The van der Waals surface area contributed by atoms with Crippen molar-refractivity contribution in [2.24, 2.45) is 5.41 Å². The molecule has 1 aliphatic heterocycles. The van der Waals surface area contributed by atoms with E-state index in [-0.39, 0.29) is 11.3 Å². The molecule has 0 bridgehead atoms. The summed E-state index contributed by atoms with van der Waals surface area (Å²) in [7, 11) is -3.55. The maximum atomic E-state index is 13.1. The van der Waals surface area contributed by atoms with Gasteiger partial charge in [0, 0.05) is 29.6 Å². The predicted octanol–water partition coefficient (Wildman–Crippen LogP) is 4.66. The molecule has 3 aromatic rings. The van der Waals surface area contributed by atoms with Crippen molar-refractivity contribution in [1.29, 1.82) is 0 Å². The van der Waals surface area contributed by atoms with Crippen molar-refractivity contribution in [2.75, 3.05) is 13.1 Å². The van der Waals surface area contributed by atoms with Gasteiger partial charge in [0.15, 0.2) is 0 Å². The molecule has 1 saturated carbocycles. The number of sulfonamides is 1. The Labute approximate surface area is 180 Å². The summed E-state index contributed by atoms with van der Waals surface area (Å²) in [5.74, 6) is 1.40. The van der Waals surface area contributed by atoms with E-state index >= 15 is 0 Å². The SMILES string of the molecule is Cc1ccc(Cl)cc1S(=O)(=O)N1CCC2(CC1)C[C@@H]2c1nnc(-c2ccccc2)o1. The van der Waals surface area contributed by atoms with Gasteiger partial charge in [-0.15, -0.1) is 10.2 Å². The van der Waals surface area contributed by atoms with Gasteiger partial charge in [-0.25, -0.2) is 8.42 Å². The van der Waals surface area contributed by atoms with E-state index < -0.39 is 10.0 Å². The normalized spacial score (nSPS) is 21.1. The van der Waals surface area contributed by atoms with Crippen LogP contribution in [0.25, 0.3) is 11.5 Å². The summed E-state index contributed by atoms with van der Waals surface area (Å²) in [4.78, 5) is 0.294. The molecule has 1 spiro atoms. The Balaban J connectivity index is 1.29. The van der Waals surface area contributed by atoms with Crippen LogP contribution in [-0.4, -0.2) is 36.0 Å². The van der Waals surface area contributed by atoms with Crippen LogP contribution in [0.3, 0.4) is 0 Å². The van der Waals surface area contributed by atoms with Gasteiger partial charge in [-0.05, 0) is 61.4 Å². The van der Waals surface area contributed by atoms with E-state index in [1.54, 1.807) is 29.4 Å². The third-order valence-electron chi connectivity index (χ3n) is 6.44. The first-order chi connectivity index (χ1) is 14.4. The molecular formula is C22H22ClN3O3S. The van der Waals surface area contributed by atoms with E-state index in [0.717, 1.165) is 24.8 Å². The van der Waals surface area contributed by atoms with E-state index in [9.17, 15) is 8.42 Å². The molecule has 0 radical (unpaired) electrons. The van der Waals surface area contributed by atoms with E-state index in [2.05, 4.69) is 10.2 Å². The third kappa shape index (κ3) is 3.35. The van der Waals surface area contributed by atoms with Gasteiger partial charge < -0.3 is 4.42 Å². The molecular weight excluding hydrogens is 422 g/mol. The first kappa shape index (κ1) is 19.7. The van der Waals surface area contributed by atoms with Crippen LogP contribution in [0.15, 0.2) is 57.8 Å². The standard InChI is InChI=1S/C22H22ClN3O3S/c1-15-7-8-17(23)13-19(15)30(27,28)26-11-9-22(10-12-26)14-18(22)21-25-24-20(29-21)16-5-3-2-4-6-16/h2-8,13,18H,9-12,14H2,1H3/t18-/m1/s1. The van der Waals surface area contributed by atoms with Gasteiger partial charge in [0.1, 0.15) is 0 Å². The Morgan fingerprint density at radius 3 is 2.57 bits per heavy atom. The second-order valence-corrected chi connectivity index (χ2v) is 10.6. The Kier molecular flexibility index (Phi) is 4.72. The van der Waals surface area contributed by atoms with Crippen LogP contribution in [0, 0.1) is 12.3 Å². The second-order valence-electron chi connectivity index (χ2n) is 8.24. The number of piperidine rings is 1. The van der Waals surface area contributed by atoms with Crippen LogP contribution in [-0.2, 0) is 10.0 Å². The van der Waals surface area contributed by atoms with Gasteiger partial charge in [-0.1, -0.05) is 35.9 Å². The fourth-order valence-electron chi connectivity index (χ4n) is 4.49. The average molecular weight is 444 g/mol. The third-order valence-corrected chi connectivity index (χ3v) is 8.71. The fraction of sp³-hybridized carbons (Fsp3) is 0.364. The Morgan fingerprint density at radius 2 is 1.83 bits per heavy atom. The summed E-state index contributed by atoms with van der Waals surface area (Å²) >= 11 is 6.04. The van der Waals surface area contributed by atoms with Gasteiger partial charge in [-0.3, -0.25) is 0 Å². The highest BCUT2D eigenvalue weighted by molar-refractivity contribution is 7.89. The van der Waals surface area contributed by atoms with Crippen LogP contribution < -0.4 is 0 Å². The quantitative estimate of drug-likeness (QED) is 0.586. The van der Waals surface area contributed by atoms with Crippen LogP contribution >= 0.6 is 11.6 Å². The molecule has 1 aromatic heterocycles. The Hall–Kier alpha value is -2.22. The number of benzene rings is 2. The molecule has 0 amide bonds. The van der Waals surface area contributed by atoms with Gasteiger partial charge in [0.2, 0.25) is 21.8 Å². The molecule has 6 nitrogen and oxygen atoms in total. The molecule has 0 N–H and O–H groups in total. The van der Waals surface area contributed by atoms with Crippen LogP contribution in [0.2, 0.25) is 5.02 Å². The average Bonchev–Trinajstić information content (AvgIpc) is 3.21. The molecule has 8 heteroatoms. The summed E-state index contributed by atoms with van der Waals surface area (Å²) in [5.41, 5.74) is 1.68. The lowest BCUT2D eigenvalue weighted by molar-refractivity contribution is 0.246. The maximum Gasteiger partial charge on any atom is 0.247 e. The first-order valence-corrected chi connectivity index (χ1v) is 11.9. The van der Waals surface area contributed by atoms with Gasteiger partial charge in [0.05, 0.1) is 4.90 Å². The number of aryl methyl sites for hydroxylation is 1. The predicted molar refractivity (Wildman–Crippen MR) is 114 cm³/mol. The lowest BCUT2D eigenvalue weighted by Crippen LogP contribution is -2.39. The van der Waals surface area contributed by atoms with E-state index in [0.29, 0.717) is 40.4 Å². The van der Waals surface area contributed by atoms with Crippen molar-refractivity contribution in [2.45, 2.75) is 37.0 Å². The number of halogens is 1. The highest BCUT2D eigenvalue weighted by Crippen LogP contribution is 2.64. The van der Waals surface area contributed by atoms with Crippen LogP contribution in [0.5, 0.6) is 0 Å². The molecule has 30 heavy (non-hydrogen) atoms. The second kappa shape index (κ2) is 7.18. The number of hydrogen-bond donors (Lipinski definition) is 0. The summed E-state index contributed by atoms with van der Waals surface area (Å²) in [6.07, 6.45) is 2.55. The summed E-state index contributed by atoms with van der Waals surface area (Å²) in [6.45, 7) is 2.78. The minimum absolute atomic E-state index is 0.0654. The Bertz CT molecular complexity index is 1190. The minimum Gasteiger partial charge on any atom is -0.420 e. The van der Waals surface area contributed by atoms with Crippen molar-refractivity contribution < 1.29 is 12.8 Å². The highest BCUT2D eigenvalue weighted by atomic mass is 35.5. The molecule has 2 aromatic carbocycles. The van der Waals surface area contributed by atoms with Crippen molar-refractivity contribution in [3.8, 4) is 11.5 Å². The Morgan fingerprint density at radius 1 is 1.10 bits per heavy atom. The van der Waals surface area contributed by atoms with E-state index in [4.69, 9.17) is 16.0 Å². The van der Waals surface area contributed by atoms with Gasteiger partial charge in [0.25, 0.3) is 0 Å². The molecule has 0 unspecified atom stereocenters. The van der Waals surface area contributed by atoms with Crippen molar-refractivity contribution in [3.05, 3.63) is 65.0 Å². The molecule has 5 rings (SSSR count). The van der Waals surface area contributed by atoms with Crippen LogP contribution in [0.4, 0.5) is 0 Å². The van der Waals surface area contributed by atoms with Gasteiger partial charge in [-0.2, -0.15) is 4.31 Å². The zero-order chi connectivity index (χ0) is 20.9. The number of hydrogen-bond acceptors (Lipinski definition) is 5. The monoisotopic (exact) mass is 443 g/mol. The molecule has 2 aliphatic rings. The molecule has 1 atom stereocenters. The smallest absolute Gasteiger partial charge is 0.247 e. The van der Waals surface area contributed by atoms with Crippen LogP contribution in [0.1, 0.15) is 36.6 Å². The molecule has 2 fully saturated rings. The zero-order valence-electron chi connectivity index (χ0n) is 16.6. The molecule has 2 heterocycles. The largest absolute Gasteiger partial charge is 0.420 e. The number of rotatable bonds is 4. The lowest BCUT2D eigenvalue weighted by atomic mass is 9.92. The van der Waals surface area contributed by atoms with Gasteiger partial charge >= 0.3 is 0 Å². The number of nitrogens with zero attached hydrogens (tertiary/aromatic N) is 3. The molecule has 156 valence electrons. The summed E-state index contributed by atoms with van der Waals surface area (Å²) < 4.78 is 33.8. The van der Waals surface area contributed by atoms with E-state index in [1.807, 2.05) is 30.3 Å².